The van der Waals surface area contributed by atoms with Gasteiger partial charge in [-0.3, -0.25) is 4.79 Å². The maximum atomic E-state index is 12.1. The van der Waals surface area contributed by atoms with Crippen molar-refractivity contribution in [2.45, 2.75) is 4.90 Å². The highest BCUT2D eigenvalue weighted by Crippen LogP contribution is 2.25. The first-order valence-electron chi connectivity index (χ1n) is 6.39. The van der Waals surface area contributed by atoms with E-state index < -0.39 is 15.8 Å². The monoisotopic (exact) mass is 331 g/mol. The maximum Gasteiger partial charge on any atom is 0.339 e. The Balaban J connectivity index is 2.86. The molecule has 0 unspecified atom stereocenters. The highest BCUT2D eigenvalue weighted by molar-refractivity contribution is 7.90. The van der Waals surface area contributed by atoms with Gasteiger partial charge in [0.25, 0.3) is 0 Å². The Labute approximate surface area is 133 Å². The largest absolute Gasteiger partial charge is 0.465 e. The van der Waals surface area contributed by atoms with Crippen LogP contribution in [-0.2, 0) is 14.6 Å². The molecule has 118 valence electrons. The summed E-state index contributed by atoms with van der Waals surface area (Å²) in [5, 5.41) is 0. The molecule has 1 aromatic heterocycles. The Kier molecular flexibility index (Phi) is 4.38. The molecule has 0 amide bonds. The number of rotatable bonds is 3. The topological polar surface area (TPSA) is 82.4 Å². The molecule has 0 saturated carbocycles. The van der Waals surface area contributed by atoms with Crippen LogP contribution in [-0.4, -0.2) is 32.3 Å². The second kappa shape index (κ2) is 6.10. The average Bonchev–Trinajstić information content (AvgIpc) is 2.52. The lowest BCUT2D eigenvalue weighted by molar-refractivity contribution is 0.0600. The van der Waals surface area contributed by atoms with Crippen LogP contribution in [0.15, 0.2) is 46.3 Å². The van der Waals surface area contributed by atoms with Crippen LogP contribution in [0.25, 0.3) is 5.69 Å². The van der Waals surface area contributed by atoms with Gasteiger partial charge in [0.2, 0.25) is 0 Å². The Morgan fingerprint density at radius 1 is 1.26 bits per heavy atom. The first kappa shape index (κ1) is 16.5. The Morgan fingerprint density at radius 3 is 2.35 bits per heavy atom. The molecule has 0 spiro atoms. The van der Waals surface area contributed by atoms with E-state index in [1.54, 1.807) is 0 Å². The molecule has 0 aliphatic heterocycles. The van der Waals surface area contributed by atoms with Crippen molar-refractivity contribution in [2.75, 3.05) is 13.4 Å². The first-order valence-corrected chi connectivity index (χ1v) is 8.29. The van der Waals surface area contributed by atoms with E-state index in [2.05, 4.69) is 10.7 Å². The molecule has 23 heavy (non-hydrogen) atoms. The van der Waals surface area contributed by atoms with Crippen molar-refractivity contribution in [3.63, 3.8) is 0 Å². The molecular formula is C16H13NO5S. The number of benzene rings is 1. The van der Waals surface area contributed by atoms with E-state index in [-0.39, 0.29) is 27.1 Å². The van der Waals surface area contributed by atoms with Gasteiger partial charge < -0.3 is 9.30 Å². The number of sulfone groups is 1. The molecular weight excluding hydrogens is 318 g/mol. The minimum Gasteiger partial charge on any atom is -0.465 e. The van der Waals surface area contributed by atoms with Gasteiger partial charge in [0.1, 0.15) is 0 Å². The molecule has 6 nitrogen and oxygen atoms in total. The molecule has 7 heteroatoms. The van der Waals surface area contributed by atoms with Gasteiger partial charge >= 0.3 is 5.97 Å². The van der Waals surface area contributed by atoms with Crippen molar-refractivity contribution >= 4 is 15.8 Å². The molecule has 0 fully saturated rings. The van der Waals surface area contributed by atoms with Crippen molar-refractivity contribution in [3.8, 4) is 18.0 Å². The summed E-state index contributed by atoms with van der Waals surface area (Å²) in [5.41, 5.74) is 0.205. The lowest BCUT2D eigenvalue weighted by Gasteiger charge is -2.14. The van der Waals surface area contributed by atoms with E-state index in [1.165, 1.54) is 48.3 Å². The fourth-order valence-corrected chi connectivity index (χ4v) is 2.91. The molecule has 0 aliphatic carbocycles. The van der Waals surface area contributed by atoms with Gasteiger partial charge in [-0.1, -0.05) is 5.92 Å². The minimum atomic E-state index is -3.66. The van der Waals surface area contributed by atoms with Gasteiger partial charge in [-0.15, -0.1) is 6.42 Å². The number of methoxy groups -OCH3 is 1. The standard InChI is InChI=1S/C16H13NO5S/c1-4-11-9-14(17-7-5-12(18)6-8-17)15(23(3,20)21)10-13(11)16(19)22-2/h1,5-10H,2-3H3. The molecule has 0 radical (unpaired) electrons. The third-order valence-corrected chi connectivity index (χ3v) is 4.26. The van der Waals surface area contributed by atoms with Crippen LogP contribution in [0.3, 0.4) is 0 Å². The lowest BCUT2D eigenvalue weighted by atomic mass is 10.1. The van der Waals surface area contributed by atoms with Gasteiger partial charge in [0.05, 0.1) is 23.3 Å². The number of terminal acetylenes is 1. The fraction of sp³-hybridized carbons (Fsp3) is 0.125. The summed E-state index contributed by atoms with van der Waals surface area (Å²) >= 11 is 0. The zero-order valence-corrected chi connectivity index (χ0v) is 13.3. The zero-order valence-electron chi connectivity index (χ0n) is 12.4. The van der Waals surface area contributed by atoms with E-state index in [4.69, 9.17) is 6.42 Å². The fourth-order valence-electron chi connectivity index (χ4n) is 2.04. The summed E-state index contributed by atoms with van der Waals surface area (Å²) in [6, 6.07) is 5.16. The predicted octanol–water partition coefficient (Wildman–Crippen LogP) is 1.01. The van der Waals surface area contributed by atoms with Crippen LogP contribution < -0.4 is 5.43 Å². The summed E-state index contributed by atoms with van der Waals surface area (Å²) in [4.78, 5) is 22.9. The van der Waals surface area contributed by atoms with Gasteiger partial charge in [-0.2, -0.15) is 0 Å². The Morgan fingerprint density at radius 2 is 1.87 bits per heavy atom. The number of ether oxygens (including phenoxy) is 1. The van der Waals surface area contributed by atoms with Gasteiger partial charge in [0.15, 0.2) is 15.3 Å². The predicted molar refractivity (Wildman–Crippen MR) is 84.4 cm³/mol. The molecule has 1 heterocycles. The highest BCUT2D eigenvalue weighted by atomic mass is 32.2. The number of nitrogens with zero attached hydrogens (tertiary/aromatic N) is 1. The van der Waals surface area contributed by atoms with E-state index in [1.807, 2.05) is 0 Å². The number of hydrogen-bond donors (Lipinski definition) is 0. The summed E-state index contributed by atoms with van der Waals surface area (Å²) < 4.78 is 30.2. The smallest absolute Gasteiger partial charge is 0.339 e. The van der Waals surface area contributed by atoms with Gasteiger partial charge in [-0.25, -0.2) is 13.2 Å². The molecule has 0 aliphatic rings. The SMILES string of the molecule is C#Cc1cc(-n2ccc(=O)cc2)c(S(C)(=O)=O)cc1C(=O)OC. The van der Waals surface area contributed by atoms with E-state index in [0.717, 1.165) is 6.26 Å². The minimum absolute atomic E-state index is 0.0137. The van der Waals surface area contributed by atoms with Crippen molar-refractivity contribution < 1.29 is 17.9 Å². The molecule has 0 atom stereocenters. The lowest BCUT2D eigenvalue weighted by Crippen LogP contribution is -2.12. The number of pyridine rings is 1. The first-order chi connectivity index (χ1) is 10.8. The number of hydrogen-bond acceptors (Lipinski definition) is 5. The van der Waals surface area contributed by atoms with Gasteiger partial charge in [-0.05, 0) is 12.1 Å². The summed E-state index contributed by atoms with van der Waals surface area (Å²) in [5.74, 6) is 1.61. The van der Waals surface area contributed by atoms with Crippen LogP contribution in [0.2, 0.25) is 0 Å². The summed E-state index contributed by atoms with van der Waals surface area (Å²) in [7, 11) is -2.48. The third kappa shape index (κ3) is 3.33. The van der Waals surface area contributed by atoms with E-state index in [0.29, 0.717) is 0 Å². The Bertz CT molecular complexity index is 960. The molecule has 1 aromatic carbocycles. The number of aromatic nitrogens is 1. The van der Waals surface area contributed by atoms with Crippen LogP contribution in [0, 0.1) is 12.3 Å². The maximum absolute atomic E-state index is 12.1. The molecule has 0 bridgehead atoms. The number of carbonyl (C=O) groups excluding carboxylic acids is 1. The zero-order chi connectivity index (χ0) is 17.2. The van der Waals surface area contributed by atoms with Crippen molar-refractivity contribution in [1.82, 2.24) is 4.57 Å². The Hall–Kier alpha value is -2.85. The van der Waals surface area contributed by atoms with Crippen molar-refractivity contribution in [1.29, 1.82) is 0 Å². The van der Waals surface area contributed by atoms with Crippen molar-refractivity contribution in [3.05, 3.63) is 58.0 Å². The van der Waals surface area contributed by atoms with E-state index in [9.17, 15) is 18.0 Å². The average molecular weight is 331 g/mol. The summed E-state index contributed by atoms with van der Waals surface area (Å²) in [6.45, 7) is 0. The second-order valence-corrected chi connectivity index (χ2v) is 6.70. The number of carbonyl (C=O) groups is 1. The normalized spacial score (nSPS) is 10.8. The summed E-state index contributed by atoms with van der Waals surface area (Å²) in [6.07, 6.45) is 9.27. The molecule has 2 aromatic rings. The molecule has 0 N–H and O–H groups in total. The van der Waals surface area contributed by atoms with Crippen LogP contribution >= 0.6 is 0 Å². The van der Waals surface area contributed by atoms with Crippen molar-refractivity contribution in [2.24, 2.45) is 0 Å². The quantitative estimate of drug-likeness (QED) is 0.619. The van der Waals surface area contributed by atoms with Crippen LogP contribution in [0.4, 0.5) is 0 Å². The van der Waals surface area contributed by atoms with Crippen LogP contribution in [0.1, 0.15) is 15.9 Å². The van der Waals surface area contributed by atoms with Crippen LogP contribution in [0.5, 0.6) is 0 Å². The molecule has 0 saturated heterocycles. The molecule has 2 rings (SSSR count). The van der Waals surface area contributed by atoms with E-state index >= 15 is 0 Å². The highest BCUT2D eigenvalue weighted by Gasteiger charge is 2.21. The third-order valence-electron chi connectivity index (χ3n) is 3.14. The number of esters is 1. The van der Waals surface area contributed by atoms with Gasteiger partial charge in [0, 0.05) is 36.3 Å². The second-order valence-electron chi connectivity index (χ2n) is 4.71.